The smallest absolute Gasteiger partial charge is 0.264 e. The number of likely N-dealkylation sites (N-methyl/N-ethyl adjacent to an activating group) is 1. The number of thiophene rings is 1. The third kappa shape index (κ3) is 4.42. The van der Waals surface area contributed by atoms with Gasteiger partial charge in [0.15, 0.2) is 0 Å². The number of nitrogens with two attached hydrogens (primary N) is 1. The van der Waals surface area contributed by atoms with Crippen molar-refractivity contribution >= 4 is 51.5 Å². The van der Waals surface area contributed by atoms with Gasteiger partial charge in [-0.25, -0.2) is 0 Å². The van der Waals surface area contributed by atoms with Crippen molar-refractivity contribution in [2.24, 2.45) is 5.73 Å². The Morgan fingerprint density at radius 3 is 2.81 bits per heavy atom. The summed E-state index contributed by atoms with van der Waals surface area (Å²) in [6, 6.07) is 3.72. The lowest BCUT2D eigenvalue weighted by molar-refractivity contribution is -0.132. The van der Waals surface area contributed by atoms with Crippen molar-refractivity contribution in [3.05, 3.63) is 20.8 Å². The van der Waals surface area contributed by atoms with Crippen LogP contribution in [0.1, 0.15) is 22.5 Å². The summed E-state index contributed by atoms with van der Waals surface area (Å²) in [6.45, 7) is 1.33. The first kappa shape index (κ1) is 18.4. The van der Waals surface area contributed by atoms with Crippen LogP contribution >= 0.6 is 39.7 Å². The minimum atomic E-state index is -0.127. The molecule has 5 nitrogen and oxygen atoms in total. The normalized spacial score (nSPS) is 17.5. The van der Waals surface area contributed by atoms with E-state index in [1.54, 1.807) is 18.0 Å². The number of halogens is 2. The van der Waals surface area contributed by atoms with Gasteiger partial charge in [-0.3, -0.25) is 9.59 Å². The molecule has 21 heavy (non-hydrogen) atoms. The summed E-state index contributed by atoms with van der Waals surface area (Å²) >= 11 is 4.70. The van der Waals surface area contributed by atoms with Gasteiger partial charge in [-0.15, -0.1) is 23.7 Å². The second-order valence-electron chi connectivity index (χ2n) is 4.88. The molecule has 0 saturated carbocycles. The largest absolute Gasteiger partial charge is 0.337 e. The molecule has 2 heterocycles. The third-order valence-electron chi connectivity index (χ3n) is 3.47. The maximum atomic E-state index is 12.2. The quantitative estimate of drug-likeness (QED) is 0.846. The van der Waals surface area contributed by atoms with Crippen molar-refractivity contribution in [3.8, 4) is 0 Å². The molecule has 1 aromatic heterocycles. The summed E-state index contributed by atoms with van der Waals surface area (Å²) in [6.07, 6.45) is 1.95. The van der Waals surface area contributed by atoms with Crippen LogP contribution in [-0.4, -0.2) is 54.3 Å². The van der Waals surface area contributed by atoms with E-state index in [0.29, 0.717) is 11.4 Å². The maximum Gasteiger partial charge on any atom is 0.264 e. The molecule has 118 valence electrons. The summed E-state index contributed by atoms with van der Waals surface area (Å²) in [5.74, 6) is -0.151. The molecule has 1 fully saturated rings. The number of amides is 2. The van der Waals surface area contributed by atoms with Crippen LogP contribution in [0.25, 0.3) is 0 Å². The number of rotatable bonds is 4. The highest BCUT2D eigenvalue weighted by Gasteiger charge is 2.29. The number of nitrogens with zero attached hydrogens (tertiary/aromatic N) is 2. The average molecular weight is 397 g/mol. The Balaban J connectivity index is 0.00000220. The van der Waals surface area contributed by atoms with E-state index in [-0.39, 0.29) is 36.8 Å². The van der Waals surface area contributed by atoms with Gasteiger partial charge in [-0.1, -0.05) is 0 Å². The van der Waals surface area contributed by atoms with Crippen LogP contribution < -0.4 is 5.73 Å². The molecule has 0 spiro atoms. The molecule has 0 aromatic carbocycles. The lowest BCUT2D eigenvalue weighted by Crippen LogP contribution is -2.45. The Hall–Kier alpha value is -0.630. The number of hydrogen-bond donors (Lipinski definition) is 1. The molecule has 0 bridgehead atoms. The van der Waals surface area contributed by atoms with Gasteiger partial charge in [0.05, 0.1) is 15.2 Å². The lowest BCUT2D eigenvalue weighted by Gasteiger charge is -2.26. The highest BCUT2D eigenvalue weighted by molar-refractivity contribution is 9.11. The lowest BCUT2D eigenvalue weighted by atomic mass is 10.2. The van der Waals surface area contributed by atoms with Gasteiger partial charge < -0.3 is 15.5 Å². The van der Waals surface area contributed by atoms with Gasteiger partial charge in [0, 0.05) is 26.2 Å². The second-order valence-corrected chi connectivity index (χ2v) is 7.35. The van der Waals surface area contributed by atoms with E-state index in [1.807, 2.05) is 6.07 Å². The van der Waals surface area contributed by atoms with Crippen LogP contribution in [0.3, 0.4) is 0 Å². The molecule has 2 rings (SSSR count). The summed E-state index contributed by atoms with van der Waals surface area (Å²) in [5, 5.41) is 0. The highest BCUT2D eigenvalue weighted by atomic mass is 79.9. The summed E-state index contributed by atoms with van der Waals surface area (Å²) in [5.41, 5.74) is 5.67. The zero-order chi connectivity index (χ0) is 14.7. The first-order valence-electron chi connectivity index (χ1n) is 6.53. The molecule has 0 radical (unpaired) electrons. The predicted molar refractivity (Wildman–Crippen MR) is 90.0 cm³/mol. The number of hydrogen-bond acceptors (Lipinski definition) is 4. The van der Waals surface area contributed by atoms with Crippen molar-refractivity contribution in [2.45, 2.75) is 18.9 Å². The molecule has 1 saturated heterocycles. The SMILES string of the molecule is CN(CC(=O)N1CCCC1CN)C(=O)c1ccc(Br)s1.Cl. The van der Waals surface area contributed by atoms with Crippen molar-refractivity contribution in [1.82, 2.24) is 9.80 Å². The minimum absolute atomic E-state index is 0. The molecular formula is C13H19BrClN3O2S. The first-order valence-corrected chi connectivity index (χ1v) is 8.14. The van der Waals surface area contributed by atoms with E-state index in [0.717, 1.165) is 23.2 Å². The highest BCUT2D eigenvalue weighted by Crippen LogP contribution is 2.23. The number of carbonyl (C=O) groups excluding carboxylic acids is 2. The van der Waals surface area contributed by atoms with Crippen molar-refractivity contribution in [1.29, 1.82) is 0 Å². The number of likely N-dealkylation sites (tertiary alicyclic amines) is 1. The fourth-order valence-corrected chi connectivity index (χ4v) is 3.77. The van der Waals surface area contributed by atoms with E-state index in [2.05, 4.69) is 15.9 Å². The molecule has 1 aromatic rings. The predicted octanol–water partition coefficient (Wildman–Crippen LogP) is 1.95. The zero-order valence-electron chi connectivity index (χ0n) is 11.8. The van der Waals surface area contributed by atoms with Gasteiger partial charge in [-0.2, -0.15) is 0 Å². The van der Waals surface area contributed by atoms with Gasteiger partial charge in [-0.05, 0) is 40.9 Å². The van der Waals surface area contributed by atoms with E-state index in [4.69, 9.17) is 5.73 Å². The second kappa shape index (κ2) is 8.12. The first-order chi connectivity index (χ1) is 9.52. The monoisotopic (exact) mass is 395 g/mol. The Morgan fingerprint density at radius 1 is 1.52 bits per heavy atom. The van der Waals surface area contributed by atoms with Gasteiger partial charge in [0.25, 0.3) is 5.91 Å². The number of carbonyl (C=O) groups is 2. The molecule has 1 aliphatic rings. The van der Waals surface area contributed by atoms with Crippen LogP contribution in [0, 0.1) is 0 Å². The fourth-order valence-electron chi connectivity index (χ4n) is 2.39. The standard InChI is InChI=1S/C13H18BrN3O2S.ClH/c1-16(13(19)10-4-5-11(14)20-10)8-12(18)17-6-2-3-9(17)7-15;/h4-5,9H,2-3,6-8,15H2,1H3;1H. The van der Waals surface area contributed by atoms with Gasteiger partial charge in [0.1, 0.15) is 0 Å². The fraction of sp³-hybridized carbons (Fsp3) is 0.538. The molecule has 1 atom stereocenters. The summed E-state index contributed by atoms with van der Waals surface area (Å²) < 4.78 is 0.906. The molecule has 8 heteroatoms. The van der Waals surface area contributed by atoms with E-state index < -0.39 is 0 Å². The van der Waals surface area contributed by atoms with Crippen LogP contribution in [0.5, 0.6) is 0 Å². The topological polar surface area (TPSA) is 66.6 Å². The van der Waals surface area contributed by atoms with E-state index in [9.17, 15) is 9.59 Å². The van der Waals surface area contributed by atoms with Crippen LogP contribution in [0.2, 0.25) is 0 Å². The van der Waals surface area contributed by atoms with Crippen molar-refractivity contribution < 1.29 is 9.59 Å². The van der Waals surface area contributed by atoms with Crippen LogP contribution in [0.4, 0.5) is 0 Å². The Labute approximate surface area is 143 Å². The van der Waals surface area contributed by atoms with Crippen LogP contribution in [-0.2, 0) is 4.79 Å². The Morgan fingerprint density at radius 2 is 2.24 bits per heavy atom. The summed E-state index contributed by atoms with van der Waals surface area (Å²) in [7, 11) is 1.65. The van der Waals surface area contributed by atoms with Crippen molar-refractivity contribution in [2.75, 3.05) is 26.7 Å². The summed E-state index contributed by atoms with van der Waals surface area (Å²) in [4.78, 5) is 28.3. The molecule has 1 unspecified atom stereocenters. The zero-order valence-corrected chi connectivity index (χ0v) is 15.0. The minimum Gasteiger partial charge on any atom is -0.337 e. The Kier molecular flexibility index (Phi) is 7.12. The molecule has 2 N–H and O–H groups in total. The Bertz CT molecular complexity index is 511. The van der Waals surface area contributed by atoms with Crippen molar-refractivity contribution in [3.63, 3.8) is 0 Å². The molecule has 2 amide bonds. The average Bonchev–Trinajstić information content (AvgIpc) is 3.05. The van der Waals surface area contributed by atoms with Gasteiger partial charge in [0.2, 0.25) is 5.91 Å². The molecule has 1 aliphatic heterocycles. The third-order valence-corrected chi connectivity index (χ3v) is 5.08. The molecular weight excluding hydrogens is 378 g/mol. The van der Waals surface area contributed by atoms with Gasteiger partial charge >= 0.3 is 0 Å². The maximum absolute atomic E-state index is 12.2. The molecule has 0 aliphatic carbocycles. The van der Waals surface area contributed by atoms with E-state index in [1.165, 1.54) is 16.2 Å². The van der Waals surface area contributed by atoms with E-state index >= 15 is 0 Å². The van der Waals surface area contributed by atoms with Crippen LogP contribution in [0.15, 0.2) is 15.9 Å².